The number of unbranched alkanes of at least 4 members (excludes halogenated alkanes) is 1. The van der Waals surface area contributed by atoms with Crippen LogP contribution in [0.5, 0.6) is 0 Å². The first-order chi connectivity index (χ1) is 9.76. The van der Waals surface area contributed by atoms with Gasteiger partial charge in [0.1, 0.15) is 0 Å². The molecule has 1 N–H and O–H groups in total. The molecule has 1 aliphatic rings. The summed E-state index contributed by atoms with van der Waals surface area (Å²) in [6.45, 7) is 12.1. The zero-order valence-electron chi connectivity index (χ0n) is 14.3. The number of nitrogens with one attached hydrogen (secondary N) is 1. The van der Waals surface area contributed by atoms with E-state index >= 15 is 0 Å². The molecule has 0 aromatic carbocycles. The molecule has 20 heavy (non-hydrogen) atoms. The lowest BCUT2D eigenvalue weighted by Crippen LogP contribution is -2.28. The summed E-state index contributed by atoms with van der Waals surface area (Å²) in [6.07, 6.45) is 12.5. The van der Waals surface area contributed by atoms with Crippen LogP contribution in [-0.2, 0) is 0 Å². The lowest BCUT2D eigenvalue weighted by molar-refractivity contribution is 0.271. The molecule has 0 saturated carbocycles. The van der Waals surface area contributed by atoms with Crippen molar-refractivity contribution in [3.05, 3.63) is 0 Å². The van der Waals surface area contributed by atoms with E-state index in [1.807, 2.05) is 0 Å². The molecule has 120 valence electrons. The summed E-state index contributed by atoms with van der Waals surface area (Å²) in [7, 11) is 0. The smallest absolute Gasteiger partial charge is 0.00387 e. The van der Waals surface area contributed by atoms with Crippen LogP contribution in [0.1, 0.15) is 78.6 Å². The minimum Gasteiger partial charge on any atom is -0.314 e. The lowest BCUT2D eigenvalue weighted by atomic mass is 9.96. The average Bonchev–Trinajstić information content (AvgIpc) is 2.67. The van der Waals surface area contributed by atoms with Crippen molar-refractivity contribution < 1.29 is 0 Å². The van der Waals surface area contributed by atoms with Gasteiger partial charge in [0.25, 0.3) is 0 Å². The summed E-state index contributed by atoms with van der Waals surface area (Å²) >= 11 is 0. The van der Waals surface area contributed by atoms with Gasteiger partial charge in [0, 0.05) is 6.04 Å². The quantitative estimate of drug-likeness (QED) is 0.596. The molecule has 1 fully saturated rings. The maximum absolute atomic E-state index is 3.59. The topological polar surface area (TPSA) is 15.3 Å². The monoisotopic (exact) mass is 282 g/mol. The van der Waals surface area contributed by atoms with E-state index in [2.05, 4.69) is 31.0 Å². The van der Waals surface area contributed by atoms with Crippen LogP contribution in [0.2, 0.25) is 0 Å². The van der Waals surface area contributed by atoms with Gasteiger partial charge in [-0.25, -0.2) is 0 Å². The van der Waals surface area contributed by atoms with Crippen LogP contribution >= 0.6 is 0 Å². The van der Waals surface area contributed by atoms with Gasteiger partial charge in [-0.3, -0.25) is 0 Å². The third kappa shape index (κ3) is 8.26. The van der Waals surface area contributed by atoms with Gasteiger partial charge in [0.05, 0.1) is 0 Å². The number of likely N-dealkylation sites (tertiary alicyclic amines) is 1. The van der Waals surface area contributed by atoms with Crippen LogP contribution in [0.3, 0.4) is 0 Å². The van der Waals surface area contributed by atoms with Crippen molar-refractivity contribution in [2.75, 3.05) is 26.2 Å². The second-order valence-corrected chi connectivity index (χ2v) is 6.78. The molecule has 2 heteroatoms. The molecular weight excluding hydrogens is 244 g/mol. The third-order valence-corrected chi connectivity index (χ3v) is 4.74. The molecule has 0 aromatic heterocycles. The van der Waals surface area contributed by atoms with Crippen LogP contribution in [0.4, 0.5) is 0 Å². The Labute approximate surface area is 127 Å². The minimum absolute atomic E-state index is 0.702. The summed E-state index contributed by atoms with van der Waals surface area (Å²) in [4.78, 5) is 2.72. The summed E-state index contributed by atoms with van der Waals surface area (Å²) in [5, 5.41) is 3.59. The molecule has 0 spiro atoms. The molecule has 1 heterocycles. The summed E-state index contributed by atoms with van der Waals surface area (Å²) in [6, 6.07) is 0.702. The van der Waals surface area contributed by atoms with Gasteiger partial charge in [-0.2, -0.15) is 0 Å². The maximum Gasteiger partial charge on any atom is 0.00387 e. The van der Waals surface area contributed by atoms with Gasteiger partial charge in [-0.1, -0.05) is 33.1 Å². The predicted octanol–water partition coefficient (Wildman–Crippen LogP) is 4.45. The summed E-state index contributed by atoms with van der Waals surface area (Å²) < 4.78 is 0. The van der Waals surface area contributed by atoms with Crippen LogP contribution in [0, 0.1) is 5.92 Å². The Morgan fingerprint density at radius 3 is 2.70 bits per heavy atom. The Morgan fingerprint density at radius 1 is 1.10 bits per heavy atom. The van der Waals surface area contributed by atoms with Crippen molar-refractivity contribution in [3.63, 3.8) is 0 Å². The van der Waals surface area contributed by atoms with Gasteiger partial charge >= 0.3 is 0 Å². The van der Waals surface area contributed by atoms with E-state index in [-0.39, 0.29) is 0 Å². The van der Waals surface area contributed by atoms with Gasteiger partial charge in [-0.15, -0.1) is 0 Å². The van der Waals surface area contributed by atoms with E-state index < -0.39 is 0 Å². The molecular formula is C18H38N2. The van der Waals surface area contributed by atoms with E-state index in [1.165, 1.54) is 84.0 Å². The maximum atomic E-state index is 3.59. The fraction of sp³-hybridized carbons (Fsp3) is 1.00. The highest BCUT2D eigenvalue weighted by Gasteiger charge is 2.15. The summed E-state index contributed by atoms with van der Waals surface area (Å²) in [5.74, 6) is 1.02. The highest BCUT2D eigenvalue weighted by molar-refractivity contribution is 4.70. The zero-order valence-corrected chi connectivity index (χ0v) is 14.3. The van der Waals surface area contributed by atoms with Crippen molar-refractivity contribution in [2.24, 2.45) is 5.92 Å². The van der Waals surface area contributed by atoms with Crippen LogP contribution < -0.4 is 5.32 Å². The molecule has 0 aliphatic carbocycles. The first kappa shape index (κ1) is 18.0. The van der Waals surface area contributed by atoms with E-state index in [0.717, 1.165) is 5.92 Å². The Balaban J connectivity index is 2.04. The van der Waals surface area contributed by atoms with Crippen molar-refractivity contribution in [1.29, 1.82) is 0 Å². The Kier molecular flexibility index (Phi) is 10.4. The van der Waals surface area contributed by atoms with E-state index in [4.69, 9.17) is 0 Å². The third-order valence-electron chi connectivity index (χ3n) is 4.74. The molecule has 0 aromatic rings. The van der Waals surface area contributed by atoms with Crippen LogP contribution in [0.25, 0.3) is 0 Å². The SMILES string of the molecule is CCCNC(C)CCCCN1CCCC(CCC)CC1. The van der Waals surface area contributed by atoms with Crippen LogP contribution in [-0.4, -0.2) is 37.1 Å². The minimum atomic E-state index is 0.702. The molecule has 1 aliphatic heterocycles. The number of nitrogens with zero attached hydrogens (tertiary/aromatic N) is 1. The largest absolute Gasteiger partial charge is 0.314 e. The highest BCUT2D eigenvalue weighted by atomic mass is 15.1. The number of rotatable bonds is 10. The highest BCUT2D eigenvalue weighted by Crippen LogP contribution is 2.22. The molecule has 2 atom stereocenters. The van der Waals surface area contributed by atoms with Crippen molar-refractivity contribution in [3.8, 4) is 0 Å². The molecule has 1 saturated heterocycles. The van der Waals surface area contributed by atoms with Gasteiger partial charge in [0.2, 0.25) is 0 Å². The van der Waals surface area contributed by atoms with Crippen molar-refractivity contribution in [2.45, 2.75) is 84.6 Å². The van der Waals surface area contributed by atoms with E-state index in [1.54, 1.807) is 0 Å². The zero-order chi connectivity index (χ0) is 14.6. The van der Waals surface area contributed by atoms with Crippen LogP contribution in [0.15, 0.2) is 0 Å². The number of hydrogen-bond donors (Lipinski definition) is 1. The summed E-state index contributed by atoms with van der Waals surface area (Å²) in [5.41, 5.74) is 0. The Hall–Kier alpha value is -0.0800. The van der Waals surface area contributed by atoms with Gasteiger partial charge in [0.15, 0.2) is 0 Å². The van der Waals surface area contributed by atoms with Crippen molar-refractivity contribution in [1.82, 2.24) is 10.2 Å². The molecule has 2 unspecified atom stereocenters. The van der Waals surface area contributed by atoms with Gasteiger partial charge < -0.3 is 10.2 Å². The van der Waals surface area contributed by atoms with E-state index in [9.17, 15) is 0 Å². The fourth-order valence-electron chi connectivity index (χ4n) is 3.42. The van der Waals surface area contributed by atoms with Crippen molar-refractivity contribution >= 4 is 0 Å². The second-order valence-electron chi connectivity index (χ2n) is 6.78. The number of hydrogen-bond acceptors (Lipinski definition) is 2. The standard InChI is InChI=1S/C18H38N2/c1-4-9-18-11-8-15-20(16-12-18)14-7-6-10-17(3)19-13-5-2/h17-19H,4-16H2,1-3H3. The Morgan fingerprint density at radius 2 is 1.95 bits per heavy atom. The molecule has 0 bridgehead atoms. The van der Waals surface area contributed by atoms with E-state index in [0.29, 0.717) is 6.04 Å². The Bertz CT molecular complexity index is 217. The first-order valence-corrected chi connectivity index (χ1v) is 9.22. The molecule has 0 amide bonds. The predicted molar refractivity (Wildman–Crippen MR) is 90.3 cm³/mol. The second kappa shape index (κ2) is 11.6. The average molecular weight is 283 g/mol. The fourth-order valence-corrected chi connectivity index (χ4v) is 3.42. The van der Waals surface area contributed by atoms with Gasteiger partial charge in [-0.05, 0) is 77.5 Å². The molecule has 0 radical (unpaired) electrons. The normalized spacial score (nSPS) is 22.6. The molecule has 1 rings (SSSR count). The first-order valence-electron chi connectivity index (χ1n) is 9.22. The lowest BCUT2D eigenvalue weighted by Gasteiger charge is -2.20. The molecule has 2 nitrogen and oxygen atoms in total.